The number of rotatable bonds is 8. The van der Waals surface area contributed by atoms with Crippen molar-refractivity contribution in [2.45, 2.75) is 13.8 Å². The molecule has 0 fully saturated rings. The number of aryl methyl sites for hydroxylation is 2. The van der Waals surface area contributed by atoms with Gasteiger partial charge in [-0.15, -0.1) is 0 Å². The fourth-order valence-corrected chi connectivity index (χ4v) is 3.40. The second-order valence-corrected chi connectivity index (χ2v) is 8.15. The summed E-state index contributed by atoms with van der Waals surface area (Å²) in [5.74, 6) is -0.897. The lowest BCUT2D eigenvalue weighted by Crippen LogP contribution is -2.20. The lowest BCUT2D eigenvalue weighted by Gasteiger charge is -2.14. The van der Waals surface area contributed by atoms with Crippen LogP contribution in [0.4, 0.5) is 4.39 Å². The monoisotopic (exact) mass is 433 g/mol. The van der Waals surface area contributed by atoms with Crippen LogP contribution < -0.4 is 4.74 Å². The van der Waals surface area contributed by atoms with E-state index < -0.39 is 11.6 Å². The number of ether oxygens (including phenoxy) is 1. The summed E-state index contributed by atoms with van der Waals surface area (Å²) in [7, 11) is 3.91. The minimum absolute atomic E-state index is 0.246. The minimum atomic E-state index is -0.732. The average Bonchev–Trinajstić information content (AvgIpc) is 2.73. The number of benzene rings is 3. The Morgan fingerprint density at radius 2 is 1.72 bits per heavy atom. The maximum Gasteiger partial charge on any atom is 0.189 e. The van der Waals surface area contributed by atoms with Crippen LogP contribution >= 0.6 is 0 Å². The molecular formula is C27H28FNO3. The van der Waals surface area contributed by atoms with Crippen molar-refractivity contribution < 1.29 is 19.0 Å². The number of ketones is 1. The van der Waals surface area contributed by atoms with Crippen molar-refractivity contribution in [3.63, 3.8) is 0 Å². The second kappa shape index (κ2) is 10.2. The van der Waals surface area contributed by atoms with Crippen LogP contribution in [0.3, 0.4) is 0 Å². The number of hydrogen-bond acceptors (Lipinski definition) is 4. The zero-order chi connectivity index (χ0) is 23.3. The average molecular weight is 434 g/mol. The van der Waals surface area contributed by atoms with Crippen LogP contribution in [-0.2, 0) is 0 Å². The summed E-state index contributed by atoms with van der Waals surface area (Å²) in [6.45, 7) is 5.25. The molecule has 3 aromatic carbocycles. The third-order valence-corrected chi connectivity index (χ3v) is 5.00. The Balaban J connectivity index is 1.95. The van der Waals surface area contributed by atoms with E-state index in [1.807, 2.05) is 51.0 Å². The standard InChI is InChI=1S/C27H28FNO3/c1-18-13-19(2)15-22(14-18)21-7-10-27(32-12-11-29(3)4)23(17-21)25(30)8-5-20-6-9-26(31)24(28)16-20/h5-10,13-17,31H,11-12H2,1-4H3. The number of likely N-dealkylation sites (N-methyl/N-ethyl adjacent to an activating group) is 1. The molecular weight excluding hydrogens is 405 g/mol. The van der Waals surface area contributed by atoms with E-state index in [1.54, 1.807) is 6.07 Å². The zero-order valence-electron chi connectivity index (χ0n) is 18.9. The number of aromatic hydroxyl groups is 1. The van der Waals surface area contributed by atoms with Gasteiger partial charge in [-0.05, 0) is 75.0 Å². The van der Waals surface area contributed by atoms with Crippen LogP contribution in [0, 0.1) is 19.7 Å². The molecule has 0 atom stereocenters. The molecule has 4 nitrogen and oxygen atoms in total. The van der Waals surface area contributed by atoms with Crippen molar-refractivity contribution in [2.75, 3.05) is 27.2 Å². The van der Waals surface area contributed by atoms with E-state index >= 15 is 0 Å². The molecule has 0 aliphatic heterocycles. The topological polar surface area (TPSA) is 49.8 Å². The van der Waals surface area contributed by atoms with Gasteiger partial charge in [0.25, 0.3) is 0 Å². The molecule has 0 saturated carbocycles. The lowest BCUT2D eigenvalue weighted by atomic mass is 9.97. The van der Waals surface area contributed by atoms with Gasteiger partial charge < -0.3 is 14.7 Å². The lowest BCUT2D eigenvalue weighted by molar-refractivity contribution is 0.104. The SMILES string of the molecule is Cc1cc(C)cc(-c2ccc(OCCN(C)C)c(C(=O)C=Cc3ccc(O)c(F)c3)c2)c1. The summed E-state index contributed by atoms with van der Waals surface area (Å²) in [6, 6.07) is 15.9. The van der Waals surface area contributed by atoms with Crippen molar-refractivity contribution in [2.24, 2.45) is 0 Å². The number of phenols is 1. The second-order valence-electron chi connectivity index (χ2n) is 8.15. The number of phenolic OH excluding ortho intramolecular Hbond substituents is 1. The van der Waals surface area contributed by atoms with Gasteiger partial charge in [0, 0.05) is 6.54 Å². The van der Waals surface area contributed by atoms with Gasteiger partial charge in [0.05, 0.1) is 5.56 Å². The molecule has 0 radical (unpaired) electrons. The Bertz CT molecular complexity index is 1130. The minimum Gasteiger partial charge on any atom is -0.505 e. The summed E-state index contributed by atoms with van der Waals surface area (Å²) in [5.41, 5.74) is 5.16. The third kappa shape index (κ3) is 6.05. The Hall–Kier alpha value is -3.44. The van der Waals surface area contributed by atoms with Crippen molar-refractivity contribution in [3.8, 4) is 22.6 Å². The molecule has 0 aromatic heterocycles. The van der Waals surface area contributed by atoms with E-state index in [2.05, 4.69) is 18.2 Å². The van der Waals surface area contributed by atoms with Crippen LogP contribution in [0.2, 0.25) is 0 Å². The molecule has 32 heavy (non-hydrogen) atoms. The van der Waals surface area contributed by atoms with Crippen molar-refractivity contribution >= 4 is 11.9 Å². The molecule has 0 unspecified atom stereocenters. The first-order valence-electron chi connectivity index (χ1n) is 10.4. The number of halogens is 1. The number of nitrogens with zero attached hydrogens (tertiary/aromatic N) is 1. The predicted molar refractivity (Wildman–Crippen MR) is 127 cm³/mol. The molecule has 0 spiro atoms. The molecule has 0 amide bonds. The van der Waals surface area contributed by atoms with E-state index in [9.17, 15) is 14.3 Å². The largest absolute Gasteiger partial charge is 0.505 e. The molecule has 0 heterocycles. The van der Waals surface area contributed by atoms with Gasteiger partial charge in [0.2, 0.25) is 0 Å². The molecule has 1 N–H and O–H groups in total. The molecule has 166 valence electrons. The van der Waals surface area contributed by atoms with E-state index in [1.165, 1.54) is 24.3 Å². The third-order valence-electron chi connectivity index (χ3n) is 5.00. The Morgan fingerprint density at radius 1 is 1.00 bits per heavy atom. The first-order valence-corrected chi connectivity index (χ1v) is 10.4. The molecule has 3 rings (SSSR count). The van der Waals surface area contributed by atoms with Gasteiger partial charge in [0.1, 0.15) is 12.4 Å². The van der Waals surface area contributed by atoms with E-state index in [0.717, 1.165) is 28.8 Å². The fourth-order valence-electron chi connectivity index (χ4n) is 3.40. The predicted octanol–water partition coefficient (Wildman–Crippen LogP) is 5.65. The summed E-state index contributed by atoms with van der Waals surface area (Å²) >= 11 is 0. The molecule has 0 bridgehead atoms. The van der Waals surface area contributed by atoms with Crippen LogP contribution in [0.1, 0.15) is 27.0 Å². The van der Waals surface area contributed by atoms with Gasteiger partial charge >= 0.3 is 0 Å². The Kier molecular flexibility index (Phi) is 7.44. The first kappa shape index (κ1) is 23.2. The quantitative estimate of drug-likeness (QED) is 0.368. The zero-order valence-corrected chi connectivity index (χ0v) is 18.9. The molecule has 3 aromatic rings. The number of carbonyl (C=O) groups is 1. The molecule has 0 aliphatic carbocycles. The van der Waals surface area contributed by atoms with Gasteiger partial charge in [-0.3, -0.25) is 4.79 Å². The van der Waals surface area contributed by atoms with Crippen molar-refractivity contribution in [1.82, 2.24) is 4.90 Å². The maximum atomic E-state index is 13.6. The summed E-state index contributed by atoms with van der Waals surface area (Å²) in [5, 5.41) is 9.35. The van der Waals surface area contributed by atoms with E-state index in [0.29, 0.717) is 23.5 Å². The van der Waals surface area contributed by atoms with Crippen LogP contribution in [0.5, 0.6) is 11.5 Å². The number of allylic oxidation sites excluding steroid dienone is 1. The molecule has 5 heteroatoms. The number of carbonyl (C=O) groups excluding carboxylic acids is 1. The highest BCUT2D eigenvalue weighted by molar-refractivity contribution is 6.09. The van der Waals surface area contributed by atoms with Crippen LogP contribution in [0.15, 0.2) is 60.7 Å². The summed E-state index contributed by atoms with van der Waals surface area (Å²) in [4.78, 5) is 15.1. The normalized spacial score (nSPS) is 11.3. The molecule has 0 saturated heterocycles. The summed E-state index contributed by atoms with van der Waals surface area (Å²) in [6.07, 6.45) is 2.92. The smallest absolute Gasteiger partial charge is 0.189 e. The summed E-state index contributed by atoms with van der Waals surface area (Å²) < 4.78 is 19.5. The van der Waals surface area contributed by atoms with Crippen molar-refractivity contribution in [1.29, 1.82) is 0 Å². The van der Waals surface area contributed by atoms with Crippen molar-refractivity contribution in [3.05, 3.63) is 88.7 Å². The first-order chi connectivity index (χ1) is 15.2. The number of hydrogen-bond donors (Lipinski definition) is 1. The van der Waals surface area contributed by atoms with Gasteiger partial charge in [-0.25, -0.2) is 4.39 Å². The molecule has 0 aliphatic rings. The van der Waals surface area contributed by atoms with Gasteiger partial charge in [0.15, 0.2) is 17.3 Å². The van der Waals surface area contributed by atoms with Gasteiger partial charge in [-0.2, -0.15) is 0 Å². The van der Waals surface area contributed by atoms with E-state index in [4.69, 9.17) is 4.74 Å². The highest BCUT2D eigenvalue weighted by Gasteiger charge is 2.13. The van der Waals surface area contributed by atoms with Crippen LogP contribution in [0.25, 0.3) is 17.2 Å². The fraction of sp³-hybridized carbons (Fsp3) is 0.222. The highest BCUT2D eigenvalue weighted by atomic mass is 19.1. The van der Waals surface area contributed by atoms with Crippen LogP contribution in [-0.4, -0.2) is 43.0 Å². The van der Waals surface area contributed by atoms with Gasteiger partial charge in [-0.1, -0.05) is 47.5 Å². The highest BCUT2D eigenvalue weighted by Crippen LogP contribution is 2.29. The maximum absolute atomic E-state index is 13.6. The van der Waals surface area contributed by atoms with E-state index in [-0.39, 0.29) is 5.78 Å². The Labute approximate surface area is 188 Å². The Morgan fingerprint density at radius 3 is 2.38 bits per heavy atom.